The highest BCUT2D eigenvalue weighted by molar-refractivity contribution is 5.94. The third-order valence-corrected chi connectivity index (χ3v) is 5.29. The zero-order chi connectivity index (χ0) is 17.7. The molecule has 0 bridgehead atoms. The number of amides is 1. The molecule has 1 aromatic heterocycles. The van der Waals surface area contributed by atoms with Gasteiger partial charge >= 0.3 is 0 Å². The Morgan fingerprint density at radius 2 is 2.28 bits per heavy atom. The zero-order valence-electron chi connectivity index (χ0n) is 15.3. The van der Waals surface area contributed by atoms with Crippen LogP contribution >= 0.6 is 0 Å². The van der Waals surface area contributed by atoms with Crippen molar-refractivity contribution in [1.82, 2.24) is 14.8 Å². The molecule has 6 heteroatoms. The molecule has 138 valence electrons. The predicted octanol–water partition coefficient (Wildman–Crippen LogP) is 1.67. The number of hydrogen-bond acceptors (Lipinski definition) is 5. The number of aromatic nitrogens is 1. The van der Waals surface area contributed by atoms with Crippen LogP contribution in [0.3, 0.4) is 0 Å². The number of nitrogens with zero attached hydrogens (tertiary/aromatic N) is 3. The standard InChI is InChI=1S/C19H29N3O3/c1-21(10-11-24-2)13-16-12-19(25-14-16)6-3-9-22(15-19)18(23)17-4-7-20-8-5-17/h4-5,7-8,16H,3,6,9-15H2,1-2H3/t16-,19-/m1/s1. The van der Waals surface area contributed by atoms with E-state index in [4.69, 9.17) is 9.47 Å². The Kier molecular flexibility index (Phi) is 6.04. The fourth-order valence-corrected chi connectivity index (χ4v) is 4.07. The minimum Gasteiger partial charge on any atom is -0.383 e. The van der Waals surface area contributed by atoms with Crippen molar-refractivity contribution in [3.05, 3.63) is 30.1 Å². The summed E-state index contributed by atoms with van der Waals surface area (Å²) in [7, 11) is 3.86. The Morgan fingerprint density at radius 1 is 1.48 bits per heavy atom. The molecule has 1 aromatic rings. The molecule has 1 spiro atoms. The molecule has 3 rings (SSSR count). The fourth-order valence-electron chi connectivity index (χ4n) is 4.07. The maximum absolute atomic E-state index is 12.7. The number of likely N-dealkylation sites (tertiary alicyclic amines) is 1. The zero-order valence-corrected chi connectivity index (χ0v) is 15.3. The summed E-state index contributed by atoms with van der Waals surface area (Å²) in [5, 5.41) is 0. The van der Waals surface area contributed by atoms with Crippen molar-refractivity contribution < 1.29 is 14.3 Å². The van der Waals surface area contributed by atoms with Gasteiger partial charge in [0.2, 0.25) is 0 Å². The number of piperidine rings is 1. The van der Waals surface area contributed by atoms with Crippen LogP contribution in [0.5, 0.6) is 0 Å². The normalized spacial score (nSPS) is 26.5. The summed E-state index contributed by atoms with van der Waals surface area (Å²) in [6, 6.07) is 3.57. The lowest BCUT2D eigenvalue weighted by Gasteiger charge is -2.40. The van der Waals surface area contributed by atoms with E-state index in [1.165, 1.54) is 0 Å². The smallest absolute Gasteiger partial charge is 0.254 e. The Hall–Kier alpha value is -1.50. The fraction of sp³-hybridized carbons (Fsp3) is 0.684. The number of likely N-dealkylation sites (N-methyl/N-ethyl adjacent to an activating group) is 1. The van der Waals surface area contributed by atoms with Crippen LogP contribution in [0.25, 0.3) is 0 Å². The van der Waals surface area contributed by atoms with E-state index in [2.05, 4.69) is 16.9 Å². The molecule has 0 unspecified atom stereocenters. The molecular formula is C19H29N3O3. The molecule has 2 aliphatic heterocycles. The Labute approximate surface area is 150 Å². The minimum atomic E-state index is -0.159. The number of hydrogen-bond donors (Lipinski definition) is 0. The second-order valence-electron chi connectivity index (χ2n) is 7.39. The summed E-state index contributed by atoms with van der Waals surface area (Å²) in [6.45, 7) is 5.01. The maximum Gasteiger partial charge on any atom is 0.254 e. The summed E-state index contributed by atoms with van der Waals surface area (Å²) in [5.74, 6) is 0.614. The van der Waals surface area contributed by atoms with Crippen LogP contribution in [0.2, 0.25) is 0 Å². The highest BCUT2D eigenvalue weighted by Crippen LogP contribution is 2.38. The van der Waals surface area contributed by atoms with Crippen molar-refractivity contribution in [3.63, 3.8) is 0 Å². The topological polar surface area (TPSA) is 54.9 Å². The highest BCUT2D eigenvalue weighted by Gasteiger charge is 2.44. The molecule has 0 aliphatic carbocycles. The van der Waals surface area contributed by atoms with E-state index in [9.17, 15) is 4.79 Å². The van der Waals surface area contributed by atoms with Gasteiger partial charge in [0.15, 0.2) is 0 Å². The highest BCUT2D eigenvalue weighted by atomic mass is 16.5. The summed E-state index contributed by atoms with van der Waals surface area (Å²) < 4.78 is 11.4. The Balaban J connectivity index is 1.57. The summed E-state index contributed by atoms with van der Waals surface area (Å²) in [5.41, 5.74) is 0.550. The summed E-state index contributed by atoms with van der Waals surface area (Å²) in [6.07, 6.45) is 6.43. The van der Waals surface area contributed by atoms with Crippen molar-refractivity contribution in [2.24, 2.45) is 5.92 Å². The quantitative estimate of drug-likeness (QED) is 0.784. The van der Waals surface area contributed by atoms with Crippen molar-refractivity contribution in [3.8, 4) is 0 Å². The van der Waals surface area contributed by atoms with Gasteiger partial charge in [-0.2, -0.15) is 0 Å². The van der Waals surface area contributed by atoms with Gasteiger partial charge in [-0.25, -0.2) is 0 Å². The molecule has 25 heavy (non-hydrogen) atoms. The molecule has 2 saturated heterocycles. The van der Waals surface area contributed by atoms with Crippen LogP contribution in [-0.4, -0.2) is 79.8 Å². The van der Waals surface area contributed by atoms with E-state index in [-0.39, 0.29) is 11.5 Å². The number of methoxy groups -OCH3 is 1. The third kappa shape index (κ3) is 4.57. The van der Waals surface area contributed by atoms with Gasteiger partial charge in [-0.3, -0.25) is 9.78 Å². The largest absolute Gasteiger partial charge is 0.383 e. The molecule has 6 nitrogen and oxygen atoms in total. The van der Waals surface area contributed by atoms with Crippen LogP contribution in [-0.2, 0) is 9.47 Å². The molecular weight excluding hydrogens is 318 g/mol. The lowest BCUT2D eigenvalue weighted by Crippen LogP contribution is -2.50. The van der Waals surface area contributed by atoms with E-state index in [0.29, 0.717) is 18.0 Å². The molecule has 1 amide bonds. The first kappa shape index (κ1) is 18.3. The van der Waals surface area contributed by atoms with Crippen molar-refractivity contribution >= 4 is 5.91 Å². The molecule has 0 radical (unpaired) electrons. The van der Waals surface area contributed by atoms with Gasteiger partial charge in [0.25, 0.3) is 5.91 Å². The second-order valence-corrected chi connectivity index (χ2v) is 7.39. The number of rotatable bonds is 6. The van der Waals surface area contributed by atoms with Gasteiger partial charge in [0.05, 0.1) is 18.8 Å². The molecule has 0 saturated carbocycles. The second kappa shape index (κ2) is 8.25. The number of pyridine rings is 1. The monoisotopic (exact) mass is 347 g/mol. The Morgan fingerprint density at radius 3 is 3.04 bits per heavy atom. The number of carbonyl (C=O) groups is 1. The van der Waals surface area contributed by atoms with Crippen molar-refractivity contribution in [2.75, 3.05) is 53.6 Å². The first-order valence-corrected chi connectivity index (χ1v) is 9.13. The number of ether oxygens (including phenoxy) is 2. The van der Waals surface area contributed by atoms with E-state index < -0.39 is 0 Å². The molecule has 0 aromatic carbocycles. The van der Waals surface area contributed by atoms with Crippen molar-refractivity contribution in [1.29, 1.82) is 0 Å². The third-order valence-electron chi connectivity index (χ3n) is 5.29. The lowest BCUT2D eigenvalue weighted by molar-refractivity contribution is -0.0450. The van der Waals surface area contributed by atoms with Crippen LogP contribution in [0.1, 0.15) is 29.6 Å². The molecule has 2 atom stereocenters. The van der Waals surface area contributed by atoms with Crippen LogP contribution < -0.4 is 0 Å². The molecule has 2 aliphatic rings. The average Bonchev–Trinajstić information content (AvgIpc) is 3.01. The van der Waals surface area contributed by atoms with Gasteiger partial charge in [0, 0.05) is 51.2 Å². The molecule has 3 heterocycles. The van der Waals surface area contributed by atoms with E-state index >= 15 is 0 Å². The van der Waals surface area contributed by atoms with E-state index in [0.717, 1.165) is 52.1 Å². The Bertz CT molecular complexity index is 568. The first-order chi connectivity index (χ1) is 12.1. The van der Waals surface area contributed by atoms with Crippen molar-refractivity contribution in [2.45, 2.75) is 24.9 Å². The van der Waals surface area contributed by atoms with Gasteiger partial charge in [-0.05, 0) is 44.4 Å². The van der Waals surface area contributed by atoms with Crippen LogP contribution in [0.15, 0.2) is 24.5 Å². The lowest BCUT2D eigenvalue weighted by atomic mass is 9.86. The molecule has 2 fully saturated rings. The SMILES string of the molecule is COCCN(C)C[C@@H]1CO[C@]2(CCCN(C(=O)c3ccncc3)C2)C1. The first-order valence-electron chi connectivity index (χ1n) is 9.13. The van der Waals surface area contributed by atoms with Gasteiger partial charge in [0.1, 0.15) is 0 Å². The summed E-state index contributed by atoms with van der Waals surface area (Å²) in [4.78, 5) is 21.0. The maximum atomic E-state index is 12.7. The van der Waals surface area contributed by atoms with E-state index in [1.807, 2.05) is 4.90 Å². The average molecular weight is 347 g/mol. The van der Waals surface area contributed by atoms with Crippen LogP contribution in [0, 0.1) is 5.92 Å². The van der Waals surface area contributed by atoms with Gasteiger partial charge < -0.3 is 19.3 Å². The van der Waals surface area contributed by atoms with Crippen LogP contribution in [0.4, 0.5) is 0 Å². The molecule has 0 N–H and O–H groups in total. The number of carbonyl (C=O) groups excluding carboxylic acids is 1. The minimum absolute atomic E-state index is 0.0886. The van der Waals surface area contributed by atoms with E-state index in [1.54, 1.807) is 31.6 Å². The van der Waals surface area contributed by atoms with Gasteiger partial charge in [-0.15, -0.1) is 0 Å². The summed E-state index contributed by atoms with van der Waals surface area (Å²) >= 11 is 0. The van der Waals surface area contributed by atoms with Gasteiger partial charge in [-0.1, -0.05) is 0 Å². The predicted molar refractivity (Wildman–Crippen MR) is 95.5 cm³/mol.